The number of benzene rings is 1. The molecule has 1 atom stereocenters. The van der Waals surface area contributed by atoms with Crippen LogP contribution >= 0.6 is 12.4 Å². The van der Waals surface area contributed by atoms with E-state index in [4.69, 9.17) is 10.5 Å². The van der Waals surface area contributed by atoms with Gasteiger partial charge in [0.1, 0.15) is 11.9 Å². The molecule has 0 aliphatic carbocycles. The summed E-state index contributed by atoms with van der Waals surface area (Å²) >= 11 is 0. The fourth-order valence-corrected chi connectivity index (χ4v) is 2.58. The van der Waals surface area contributed by atoms with Gasteiger partial charge < -0.3 is 20.3 Å². The third-order valence-corrected chi connectivity index (χ3v) is 3.91. The molecule has 0 aromatic heterocycles. The van der Waals surface area contributed by atoms with Crippen molar-refractivity contribution in [1.82, 2.24) is 9.80 Å². The second kappa shape index (κ2) is 9.56. The number of nitrogens with two attached hydrogens (primary N) is 1. The minimum absolute atomic E-state index is 0. The van der Waals surface area contributed by atoms with Crippen molar-refractivity contribution in [3.63, 3.8) is 0 Å². The number of hydrogen-bond acceptors (Lipinski definition) is 4. The minimum atomic E-state index is -0.680. The van der Waals surface area contributed by atoms with Gasteiger partial charge in [-0.2, -0.15) is 0 Å². The van der Waals surface area contributed by atoms with E-state index in [1.807, 2.05) is 0 Å². The first-order valence-corrected chi connectivity index (χ1v) is 7.57. The lowest BCUT2D eigenvalue weighted by atomic mass is 10.1. The molecule has 1 saturated heterocycles. The van der Waals surface area contributed by atoms with Gasteiger partial charge in [0.25, 0.3) is 0 Å². The predicted octanol–water partition coefficient (Wildman–Crippen LogP) is 0.435. The monoisotopic (exact) mass is 359 g/mol. The normalized spacial score (nSPS) is 15.6. The second-order valence-corrected chi connectivity index (χ2v) is 5.54. The van der Waals surface area contributed by atoms with Crippen LogP contribution in [0, 0.1) is 5.82 Å². The van der Waals surface area contributed by atoms with Crippen molar-refractivity contribution in [3.05, 3.63) is 35.6 Å². The number of hydrogen-bond donors (Lipinski definition) is 1. The molecule has 0 radical (unpaired) electrons. The zero-order chi connectivity index (χ0) is 16.8. The lowest BCUT2D eigenvalue weighted by Gasteiger charge is -2.36. The van der Waals surface area contributed by atoms with Crippen LogP contribution in [0.25, 0.3) is 0 Å². The number of amides is 2. The Hall–Kier alpha value is -1.70. The SMILES string of the molecule is COCC(N)C(=O)N1CCN(C(=O)Cc2ccccc2F)CC1.Cl. The number of rotatable bonds is 5. The Balaban J connectivity index is 0.00000288. The first-order valence-electron chi connectivity index (χ1n) is 7.57. The fourth-order valence-electron chi connectivity index (χ4n) is 2.58. The lowest BCUT2D eigenvalue weighted by molar-refractivity contribution is -0.140. The fraction of sp³-hybridized carbons (Fsp3) is 0.500. The van der Waals surface area contributed by atoms with Crippen molar-refractivity contribution in [1.29, 1.82) is 0 Å². The number of ether oxygens (including phenoxy) is 1. The lowest BCUT2D eigenvalue weighted by Crippen LogP contribution is -2.55. The van der Waals surface area contributed by atoms with E-state index in [0.29, 0.717) is 31.7 Å². The number of carbonyl (C=O) groups is 2. The summed E-state index contributed by atoms with van der Waals surface area (Å²) in [6, 6.07) is 5.57. The molecule has 24 heavy (non-hydrogen) atoms. The Morgan fingerprint density at radius 2 is 1.79 bits per heavy atom. The summed E-state index contributed by atoms with van der Waals surface area (Å²) in [5.41, 5.74) is 6.12. The molecule has 8 heteroatoms. The number of piperazine rings is 1. The molecule has 1 heterocycles. The van der Waals surface area contributed by atoms with Gasteiger partial charge in [0, 0.05) is 33.3 Å². The number of nitrogens with zero attached hydrogens (tertiary/aromatic N) is 2. The van der Waals surface area contributed by atoms with Crippen LogP contribution in [-0.4, -0.2) is 67.6 Å². The van der Waals surface area contributed by atoms with Crippen molar-refractivity contribution in [3.8, 4) is 0 Å². The molecule has 2 N–H and O–H groups in total. The van der Waals surface area contributed by atoms with E-state index >= 15 is 0 Å². The van der Waals surface area contributed by atoms with Crippen molar-refractivity contribution in [2.45, 2.75) is 12.5 Å². The Morgan fingerprint density at radius 1 is 1.21 bits per heavy atom. The highest BCUT2D eigenvalue weighted by atomic mass is 35.5. The maximum absolute atomic E-state index is 13.6. The molecule has 2 amide bonds. The molecule has 134 valence electrons. The largest absolute Gasteiger partial charge is 0.383 e. The summed E-state index contributed by atoms with van der Waals surface area (Å²) in [7, 11) is 1.49. The molecular weight excluding hydrogens is 337 g/mol. The van der Waals surface area contributed by atoms with Gasteiger partial charge >= 0.3 is 0 Å². The molecular formula is C16H23ClFN3O3. The van der Waals surface area contributed by atoms with Crippen LogP contribution in [0.4, 0.5) is 4.39 Å². The minimum Gasteiger partial charge on any atom is -0.383 e. The first-order chi connectivity index (χ1) is 11.0. The topological polar surface area (TPSA) is 75.9 Å². The van der Waals surface area contributed by atoms with Gasteiger partial charge in [-0.05, 0) is 11.6 Å². The Kier molecular flexibility index (Phi) is 8.10. The summed E-state index contributed by atoms with van der Waals surface area (Å²) < 4.78 is 18.5. The van der Waals surface area contributed by atoms with Gasteiger partial charge in [-0.15, -0.1) is 12.4 Å². The van der Waals surface area contributed by atoms with Crippen molar-refractivity contribution >= 4 is 24.2 Å². The third-order valence-electron chi connectivity index (χ3n) is 3.91. The zero-order valence-corrected chi connectivity index (χ0v) is 14.4. The first kappa shape index (κ1) is 20.3. The maximum atomic E-state index is 13.6. The van der Waals surface area contributed by atoms with Crippen molar-refractivity contribution < 1.29 is 18.7 Å². The Bertz CT molecular complexity index is 565. The summed E-state index contributed by atoms with van der Waals surface area (Å²) in [5, 5.41) is 0. The standard InChI is InChI=1S/C16H22FN3O3.ClH/c1-23-11-14(18)16(22)20-8-6-19(7-9-20)15(21)10-12-4-2-3-5-13(12)17;/h2-5,14H,6-11,18H2,1H3;1H. The van der Waals surface area contributed by atoms with E-state index in [1.165, 1.54) is 13.2 Å². The van der Waals surface area contributed by atoms with Crippen LogP contribution in [-0.2, 0) is 20.7 Å². The Morgan fingerprint density at radius 3 is 2.38 bits per heavy atom. The molecule has 1 aliphatic heterocycles. The van der Waals surface area contributed by atoms with Gasteiger partial charge in [-0.1, -0.05) is 18.2 Å². The van der Waals surface area contributed by atoms with Gasteiger partial charge in [0.2, 0.25) is 11.8 Å². The highest BCUT2D eigenvalue weighted by Gasteiger charge is 2.27. The van der Waals surface area contributed by atoms with Crippen LogP contribution in [0.3, 0.4) is 0 Å². The van der Waals surface area contributed by atoms with E-state index in [1.54, 1.807) is 28.0 Å². The predicted molar refractivity (Wildman–Crippen MR) is 90.4 cm³/mol. The molecule has 1 aliphatic rings. The number of carbonyl (C=O) groups excluding carboxylic acids is 2. The molecule has 1 aromatic carbocycles. The van der Waals surface area contributed by atoms with E-state index in [9.17, 15) is 14.0 Å². The molecule has 1 aromatic rings. The molecule has 6 nitrogen and oxygen atoms in total. The van der Waals surface area contributed by atoms with E-state index in [-0.39, 0.29) is 43.1 Å². The van der Waals surface area contributed by atoms with Gasteiger partial charge in [0.05, 0.1) is 13.0 Å². The summed E-state index contributed by atoms with van der Waals surface area (Å²) in [4.78, 5) is 27.6. The molecule has 1 unspecified atom stereocenters. The van der Waals surface area contributed by atoms with E-state index < -0.39 is 6.04 Å². The smallest absolute Gasteiger partial charge is 0.241 e. The van der Waals surface area contributed by atoms with Gasteiger partial charge in [-0.25, -0.2) is 4.39 Å². The summed E-state index contributed by atoms with van der Waals surface area (Å²) in [6.45, 7) is 1.89. The van der Waals surface area contributed by atoms with E-state index in [0.717, 1.165) is 0 Å². The molecule has 2 rings (SSSR count). The van der Waals surface area contributed by atoms with Crippen molar-refractivity contribution in [2.24, 2.45) is 5.73 Å². The molecule has 0 spiro atoms. The van der Waals surface area contributed by atoms with E-state index in [2.05, 4.69) is 0 Å². The van der Waals surface area contributed by atoms with Crippen LogP contribution < -0.4 is 5.73 Å². The zero-order valence-electron chi connectivity index (χ0n) is 13.6. The number of methoxy groups -OCH3 is 1. The average Bonchev–Trinajstić information content (AvgIpc) is 2.56. The van der Waals surface area contributed by atoms with Crippen LogP contribution in [0.1, 0.15) is 5.56 Å². The summed E-state index contributed by atoms with van der Waals surface area (Å²) in [5.74, 6) is -0.684. The molecule has 0 saturated carbocycles. The van der Waals surface area contributed by atoms with Crippen LogP contribution in [0.2, 0.25) is 0 Å². The van der Waals surface area contributed by atoms with Gasteiger partial charge in [-0.3, -0.25) is 9.59 Å². The highest BCUT2D eigenvalue weighted by molar-refractivity contribution is 5.85. The van der Waals surface area contributed by atoms with Gasteiger partial charge in [0.15, 0.2) is 0 Å². The average molecular weight is 360 g/mol. The molecule has 1 fully saturated rings. The third kappa shape index (κ3) is 5.15. The quantitative estimate of drug-likeness (QED) is 0.827. The number of halogens is 2. The highest BCUT2D eigenvalue weighted by Crippen LogP contribution is 2.11. The van der Waals surface area contributed by atoms with Crippen LogP contribution in [0.5, 0.6) is 0 Å². The Labute approximate surface area is 147 Å². The summed E-state index contributed by atoms with van der Waals surface area (Å²) in [6.07, 6.45) is 0.0316. The maximum Gasteiger partial charge on any atom is 0.241 e. The second-order valence-electron chi connectivity index (χ2n) is 5.54. The van der Waals surface area contributed by atoms with Crippen molar-refractivity contribution in [2.75, 3.05) is 39.9 Å². The molecule has 0 bridgehead atoms. The van der Waals surface area contributed by atoms with Crippen LogP contribution in [0.15, 0.2) is 24.3 Å².